The molecular weight excluding hydrogens is 338 g/mol. The molecule has 1 unspecified atom stereocenters. The summed E-state index contributed by atoms with van der Waals surface area (Å²) in [5, 5.41) is 8.31. The molecular formula is C20H25N7. The molecule has 1 fully saturated rings. The first-order chi connectivity index (χ1) is 13.1. The molecule has 1 saturated heterocycles. The van der Waals surface area contributed by atoms with Gasteiger partial charge in [0.05, 0.1) is 29.2 Å². The van der Waals surface area contributed by atoms with Crippen molar-refractivity contribution in [1.29, 1.82) is 0 Å². The van der Waals surface area contributed by atoms with Gasteiger partial charge >= 0.3 is 0 Å². The summed E-state index contributed by atoms with van der Waals surface area (Å²) in [5.41, 5.74) is 12.2. The van der Waals surface area contributed by atoms with Gasteiger partial charge in [-0.25, -0.2) is 14.6 Å². The second-order valence-electron chi connectivity index (χ2n) is 7.67. The van der Waals surface area contributed by atoms with E-state index in [0.717, 1.165) is 59.9 Å². The summed E-state index contributed by atoms with van der Waals surface area (Å²) in [6.45, 7) is 6.79. The lowest BCUT2D eigenvalue weighted by molar-refractivity contribution is 0.453. The molecule has 5 rings (SSSR count). The highest BCUT2D eigenvalue weighted by Gasteiger charge is 2.30. The molecule has 140 valence electrons. The van der Waals surface area contributed by atoms with Gasteiger partial charge < -0.3 is 15.5 Å². The van der Waals surface area contributed by atoms with E-state index < -0.39 is 0 Å². The Morgan fingerprint density at radius 1 is 1.19 bits per heavy atom. The molecule has 5 heterocycles. The summed E-state index contributed by atoms with van der Waals surface area (Å²) in [4.78, 5) is 9.54. The third-order valence-electron chi connectivity index (χ3n) is 5.77. The number of pyridine rings is 1. The Kier molecular flexibility index (Phi) is 3.87. The number of nitrogens with two attached hydrogens (primary N) is 1. The summed E-state index contributed by atoms with van der Waals surface area (Å²) < 4.78 is 4.03. The van der Waals surface area contributed by atoms with Gasteiger partial charge in [-0.15, -0.1) is 0 Å². The second-order valence-corrected chi connectivity index (χ2v) is 7.67. The standard InChI is InChI=1S/C20H25N7/c1-12-9-26-10-16(7-15(8-21)20(26)23-12)18-13(2)19-24-17(11-27(19)25-18)14-3-5-22-6-4-14/h7,9-11,13-14,22H,3-6,8,21H2,1-2H3. The van der Waals surface area contributed by atoms with Gasteiger partial charge in [0.15, 0.2) is 0 Å². The van der Waals surface area contributed by atoms with Gasteiger partial charge in [0.25, 0.3) is 0 Å². The van der Waals surface area contributed by atoms with Gasteiger partial charge in [-0.2, -0.15) is 5.10 Å². The van der Waals surface area contributed by atoms with Crippen molar-refractivity contribution in [1.82, 2.24) is 24.4 Å². The van der Waals surface area contributed by atoms with Crippen molar-refractivity contribution in [2.24, 2.45) is 10.8 Å². The van der Waals surface area contributed by atoms with E-state index in [4.69, 9.17) is 15.8 Å². The third-order valence-corrected chi connectivity index (χ3v) is 5.77. The van der Waals surface area contributed by atoms with Crippen molar-refractivity contribution in [2.75, 3.05) is 13.1 Å². The number of fused-ring (bicyclic) bond motifs is 2. The van der Waals surface area contributed by atoms with E-state index in [-0.39, 0.29) is 5.92 Å². The molecule has 0 bridgehead atoms. The predicted molar refractivity (Wildman–Crippen MR) is 105 cm³/mol. The molecule has 0 aromatic carbocycles. The van der Waals surface area contributed by atoms with Crippen LogP contribution >= 0.6 is 0 Å². The average molecular weight is 363 g/mol. The van der Waals surface area contributed by atoms with Crippen molar-refractivity contribution >= 4 is 11.4 Å². The maximum Gasteiger partial charge on any atom is 0.141 e. The molecule has 1 atom stereocenters. The zero-order valence-corrected chi connectivity index (χ0v) is 15.8. The first-order valence-electron chi connectivity index (χ1n) is 9.71. The van der Waals surface area contributed by atoms with Crippen molar-refractivity contribution < 1.29 is 0 Å². The predicted octanol–water partition coefficient (Wildman–Crippen LogP) is 2.13. The summed E-state index contributed by atoms with van der Waals surface area (Å²) in [6.07, 6.45) is 8.56. The monoisotopic (exact) mass is 363 g/mol. The Bertz CT molecular complexity index is 1040. The number of nitrogens with one attached hydrogen (secondary N) is 1. The zero-order valence-electron chi connectivity index (χ0n) is 15.8. The van der Waals surface area contributed by atoms with Gasteiger partial charge in [-0.3, -0.25) is 0 Å². The minimum atomic E-state index is 0.160. The van der Waals surface area contributed by atoms with Gasteiger partial charge in [-0.1, -0.05) is 0 Å². The van der Waals surface area contributed by atoms with Crippen LogP contribution in [0.25, 0.3) is 5.65 Å². The lowest BCUT2D eigenvalue weighted by atomic mass is 9.95. The fourth-order valence-electron chi connectivity index (χ4n) is 4.31. The van der Waals surface area contributed by atoms with Gasteiger partial charge in [0, 0.05) is 36.0 Å². The third kappa shape index (κ3) is 2.69. The number of hydrogen-bond acceptors (Lipinski definition) is 5. The number of nitrogens with zero attached hydrogens (tertiary/aromatic N) is 5. The number of aryl methyl sites for hydroxylation is 1. The molecule has 2 aliphatic rings. The molecule has 7 nitrogen and oxygen atoms in total. The molecule has 7 heteroatoms. The van der Waals surface area contributed by atoms with Crippen LogP contribution in [0.4, 0.5) is 0 Å². The first-order valence-corrected chi connectivity index (χ1v) is 9.71. The van der Waals surface area contributed by atoms with Gasteiger partial charge in [0.1, 0.15) is 11.5 Å². The maximum atomic E-state index is 5.98. The number of imidazole rings is 2. The fraction of sp³-hybridized carbons (Fsp3) is 0.450. The fourth-order valence-corrected chi connectivity index (χ4v) is 4.31. The van der Waals surface area contributed by atoms with Gasteiger partial charge in [0.2, 0.25) is 0 Å². The quantitative estimate of drug-likeness (QED) is 0.746. The Hall–Kier alpha value is -2.51. The molecule has 3 aromatic rings. The Labute approximate surface area is 158 Å². The molecule has 27 heavy (non-hydrogen) atoms. The molecule has 3 N–H and O–H groups in total. The van der Waals surface area contributed by atoms with E-state index in [9.17, 15) is 0 Å². The first kappa shape index (κ1) is 16.6. The van der Waals surface area contributed by atoms with Crippen molar-refractivity contribution in [3.05, 3.63) is 53.0 Å². The molecule has 0 radical (unpaired) electrons. The Morgan fingerprint density at radius 3 is 2.74 bits per heavy atom. The van der Waals surface area contributed by atoms with E-state index in [1.807, 2.05) is 17.8 Å². The lowest BCUT2D eigenvalue weighted by Crippen LogP contribution is -2.26. The summed E-state index contributed by atoms with van der Waals surface area (Å²) >= 11 is 0. The lowest BCUT2D eigenvalue weighted by Gasteiger charge is -2.20. The summed E-state index contributed by atoms with van der Waals surface area (Å²) in [7, 11) is 0. The number of hydrogen-bond donors (Lipinski definition) is 2. The smallest absolute Gasteiger partial charge is 0.141 e. The molecule has 0 saturated carbocycles. The van der Waals surface area contributed by atoms with Crippen LogP contribution < -0.4 is 11.1 Å². The maximum absolute atomic E-state index is 5.98. The van der Waals surface area contributed by atoms with Crippen LogP contribution in [0.1, 0.15) is 59.9 Å². The number of rotatable bonds is 3. The van der Waals surface area contributed by atoms with Crippen molar-refractivity contribution in [3.63, 3.8) is 0 Å². The van der Waals surface area contributed by atoms with E-state index in [2.05, 4.69) is 40.1 Å². The van der Waals surface area contributed by atoms with Crippen LogP contribution in [-0.4, -0.2) is 37.8 Å². The van der Waals surface area contributed by atoms with Crippen molar-refractivity contribution in [2.45, 2.75) is 45.1 Å². The summed E-state index contributed by atoms with van der Waals surface area (Å²) in [5.74, 6) is 1.74. The van der Waals surface area contributed by atoms with Crippen LogP contribution in [0.2, 0.25) is 0 Å². The van der Waals surface area contributed by atoms with E-state index in [1.54, 1.807) is 0 Å². The minimum absolute atomic E-state index is 0.160. The SMILES string of the molecule is Cc1cn2cc(C3=Nn4cc(C5CCNCC5)nc4C3C)cc(CN)c2n1. The van der Waals surface area contributed by atoms with Crippen LogP contribution in [0.3, 0.4) is 0 Å². The largest absolute Gasteiger partial charge is 0.326 e. The highest BCUT2D eigenvalue weighted by molar-refractivity contribution is 6.05. The molecule has 0 amide bonds. The second kappa shape index (κ2) is 6.28. The van der Waals surface area contributed by atoms with E-state index in [0.29, 0.717) is 12.5 Å². The highest BCUT2D eigenvalue weighted by Crippen LogP contribution is 2.32. The van der Waals surface area contributed by atoms with E-state index in [1.165, 1.54) is 5.69 Å². The van der Waals surface area contributed by atoms with Crippen LogP contribution in [0.5, 0.6) is 0 Å². The average Bonchev–Trinajstić information content (AvgIpc) is 3.35. The zero-order chi connectivity index (χ0) is 18.5. The number of aromatic nitrogens is 4. The van der Waals surface area contributed by atoms with Crippen LogP contribution in [-0.2, 0) is 6.54 Å². The molecule has 0 aliphatic carbocycles. The highest BCUT2D eigenvalue weighted by atomic mass is 15.4. The molecule has 0 spiro atoms. The van der Waals surface area contributed by atoms with Crippen LogP contribution in [0.15, 0.2) is 29.8 Å². The van der Waals surface area contributed by atoms with Crippen molar-refractivity contribution in [3.8, 4) is 0 Å². The molecule has 2 aliphatic heterocycles. The Morgan fingerprint density at radius 2 is 2.00 bits per heavy atom. The van der Waals surface area contributed by atoms with E-state index >= 15 is 0 Å². The summed E-state index contributed by atoms with van der Waals surface area (Å²) in [6, 6.07) is 2.12. The van der Waals surface area contributed by atoms with Crippen LogP contribution in [0, 0.1) is 6.92 Å². The number of piperidine rings is 1. The molecule has 3 aromatic heterocycles. The Balaban J connectivity index is 1.53. The normalized spacial score (nSPS) is 20.3. The topological polar surface area (TPSA) is 85.5 Å². The van der Waals surface area contributed by atoms with Gasteiger partial charge in [-0.05, 0) is 45.8 Å². The minimum Gasteiger partial charge on any atom is -0.326 e.